The lowest BCUT2D eigenvalue weighted by Gasteiger charge is -2.35. The highest BCUT2D eigenvalue weighted by Gasteiger charge is 2.32. The summed E-state index contributed by atoms with van der Waals surface area (Å²) in [6.45, 7) is 4.97. The Hall–Kier alpha value is -1.11. The van der Waals surface area contributed by atoms with Gasteiger partial charge < -0.3 is 10.5 Å². The van der Waals surface area contributed by atoms with Gasteiger partial charge in [0.05, 0.1) is 24.3 Å². The van der Waals surface area contributed by atoms with Gasteiger partial charge in [-0.15, -0.1) is 0 Å². The van der Waals surface area contributed by atoms with Crippen LogP contribution in [0.15, 0.2) is 24.3 Å². The molecule has 1 fully saturated rings. The molecule has 0 aliphatic carbocycles. The molecule has 2 atom stereocenters. The van der Waals surface area contributed by atoms with E-state index in [0.29, 0.717) is 18.7 Å². The summed E-state index contributed by atoms with van der Waals surface area (Å²) in [4.78, 5) is 2.18. The zero-order valence-corrected chi connectivity index (χ0v) is 11.4. The maximum Gasteiger partial charge on any atom is 0.416 e. The van der Waals surface area contributed by atoms with Crippen LogP contribution in [0.3, 0.4) is 0 Å². The van der Waals surface area contributed by atoms with Gasteiger partial charge in [0.15, 0.2) is 0 Å². The molecule has 0 amide bonds. The van der Waals surface area contributed by atoms with Crippen molar-refractivity contribution in [1.29, 1.82) is 0 Å². The van der Waals surface area contributed by atoms with Crippen LogP contribution in [0, 0.1) is 0 Å². The third-order valence-electron chi connectivity index (χ3n) is 3.62. The number of likely N-dealkylation sites (N-methyl/N-ethyl adjacent to an activating group) is 1. The number of morpholine rings is 1. The van der Waals surface area contributed by atoms with Gasteiger partial charge in [0.25, 0.3) is 0 Å². The van der Waals surface area contributed by atoms with Crippen molar-refractivity contribution >= 4 is 0 Å². The van der Waals surface area contributed by atoms with E-state index in [1.54, 1.807) is 6.07 Å². The molecule has 112 valence electrons. The maximum absolute atomic E-state index is 12.7. The fourth-order valence-electron chi connectivity index (χ4n) is 2.37. The van der Waals surface area contributed by atoms with Crippen LogP contribution in [-0.4, -0.2) is 37.2 Å². The first-order chi connectivity index (χ1) is 9.41. The summed E-state index contributed by atoms with van der Waals surface area (Å²) in [7, 11) is 0. The van der Waals surface area contributed by atoms with Gasteiger partial charge in [0, 0.05) is 13.1 Å². The highest BCUT2D eigenvalue weighted by molar-refractivity contribution is 5.28. The second-order valence-electron chi connectivity index (χ2n) is 4.95. The molecule has 2 unspecified atom stereocenters. The zero-order valence-electron chi connectivity index (χ0n) is 11.4. The number of nitrogens with zero attached hydrogens (tertiary/aromatic N) is 1. The largest absolute Gasteiger partial charge is 0.416 e. The molecule has 2 rings (SSSR count). The Morgan fingerprint density at radius 2 is 2.20 bits per heavy atom. The number of benzene rings is 1. The summed E-state index contributed by atoms with van der Waals surface area (Å²) in [5, 5.41) is 0. The van der Waals surface area contributed by atoms with Crippen molar-refractivity contribution in [3.63, 3.8) is 0 Å². The lowest BCUT2D eigenvalue weighted by Crippen LogP contribution is -2.46. The number of ether oxygens (including phenoxy) is 1. The molecule has 20 heavy (non-hydrogen) atoms. The van der Waals surface area contributed by atoms with Gasteiger partial charge in [-0.2, -0.15) is 13.2 Å². The standard InChI is InChI=1S/C14H19F3N2O/c1-2-19-6-7-20-12(9-19)13(18)10-4-3-5-11(8-10)14(15,16)17/h3-5,8,12-13H,2,6-7,9,18H2,1H3. The topological polar surface area (TPSA) is 38.5 Å². The van der Waals surface area contributed by atoms with E-state index in [1.165, 1.54) is 6.07 Å². The average molecular weight is 288 g/mol. The van der Waals surface area contributed by atoms with E-state index in [0.717, 1.165) is 25.2 Å². The summed E-state index contributed by atoms with van der Waals surface area (Å²) in [6, 6.07) is 4.62. The minimum atomic E-state index is -4.35. The second kappa shape index (κ2) is 6.11. The minimum Gasteiger partial charge on any atom is -0.374 e. The molecular formula is C14H19F3N2O. The van der Waals surface area contributed by atoms with E-state index < -0.39 is 17.8 Å². The fraction of sp³-hybridized carbons (Fsp3) is 0.571. The monoisotopic (exact) mass is 288 g/mol. The second-order valence-corrected chi connectivity index (χ2v) is 4.95. The summed E-state index contributed by atoms with van der Waals surface area (Å²) >= 11 is 0. The SMILES string of the molecule is CCN1CCOC(C(N)c2cccc(C(F)(F)F)c2)C1. The van der Waals surface area contributed by atoms with Crippen LogP contribution in [0.5, 0.6) is 0 Å². The van der Waals surface area contributed by atoms with Crippen molar-refractivity contribution in [3.8, 4) is 0 Å². The van der Waals surface area contributed by atoms with E-state index in [2.05, 4.69) is 4.90 Å². The molecule has 1 aromatic carbocycles. The highest BCUT2D eigenvalue weighted by Crippen LogP contribution is 2.31. The van der Waals surface area contributed by atoms with Gasteiger partial charge in [0.2, 0.25) is 0 Å². The molecular weight excluding hydrogens is 269 g/mol. The third kappa shape index (κ3) is 3.50. The van der Waals surface area contributed by atoms with E-state index in [1.807, 2.05) is 6.92 Å². The van der Waals surface area contributed by atoms with Gasteiger partial charge in [0.1, 0.15) is 0 Å². The van der Waals surface area contributed by atoms with Gasteiger partial charge in [-0.25, -0.2) is 0 Å². The number of rotatable bonds is 3. The van der Waals surface area contributed by atoms with Crippen molar-refractivity contribution in [2.45, 2.75) is 25.2 Å². The molecule has 1 aliphatic heterocycles. The quantitative estimate of drug-likeness (QED) is 0.928. The van der Waals surface area contributed by atoms with Gasteiger partial charge in [-0.05, 0) is 24.2 Å². The summed E-state index contributed by atoms with van der Waals surface area (Å²) in [6.07, 6.45) is -4.62. The van der Waals surface area contributed by atoms with Crippen molar-refractivity contribution in [2.75, 3.05) is 26.2 Å². The fourth-order valence-corrected chi connectivity index (χ4v) is 2.37. The maximum atomic E-state index is 12.7. The van der Waals surface area contributed by atoms with E-state index >= 15 is 0 Å². The molecule has 3 nitrogen and oxygen atoms in total. The van der Waals surface area contributed by atoms with Crippen LogP contribution in [0.1, 0.15) is 24.1 Å². The lowest BCUT2D eigenvalue weighted by molar-refractivity contribution is -0.137. The number of halogens is 3. The molecule has 1 saturated heterocycles. The molecule has 1 aromatic rings. The molecule has 2 N–H and O–H groups in total. The molecule has 0 radical (unpaired) electrons. The van der Waals surface area contributed by atoms with Crippen LogP contribution in [-0.2, 0) is 10.9 Å². The van der Waals surface area contributed by atoms with Crippen LogP contribution in [0.25, 0.3) is 0 Å². The Balaban J connectivity index is 2.14. The van der Waals surface area contributed by atoms with Gasteiger partial charge in [-0.1, -0.05) is 19.1 Å². The normalized spacial score (nSPS) is 22.8. The minimum absolute atomic E-state index is 0.271. The molecule has 0 aromatic heterocycles. The molecule has 0 bridgehead atoms. The Kier molecular flexibility index (Phi) is 4.67. The first kappa shape index (κ1) is 15.3. The Morgan fingerprint density at radius 1 is 1.45 bits per heavy atom. The summed E-state index contributed by atoms with van der Waals surface area (Å²) < 4.78 is 43.7. The first-order valence-electron chi connectivity index (χ1n) is 6.68. The van der Waals surface area contributed by atoms with Crippen LogP contribution in [0.4, 0.5) is 13.2 Å². The van der Waals surface area contributed by atoms with E-state index in [9.17, 15) is 13.2 Å². The highest BCUT2D eigenvalue weighted by atomic mass is 19.4. The average Bonchev–Trinajstić information content (AvgIpc) is 2.46. The molecule has 1 heterocycles. The number of nitrogens with two attached hydrogens (primary N) is 1. The Bertz CT molecular complexity index is 450. The summed E-state index contributed by atoms with van der Waals surface area (Å²) in [5.74, 6) is 0. The molecule has 1 aliphatic rings. The zero-order chi connectivity index (χ0) is 14.8. The predicted molar refractivity (Wildman–Crippen MR) is 70.2 cm³/mol. The van der Waals surface area contributed by atoms with Gasteiger partial charge >= 0.3 is 6.18 Å². The van der Waals surface area contributed by atoms with Crippen LogP contribution >= 0.6 is 0 Å². The van der Waals surface area contributed by atoms with Crippen molar-refractivity contribution in [1.82, 2.24) is 4.90 Å². The Morgan fingerprint density at radius 3 is 2.85 bits per heavy atom. The smallest absolute Gasteiger partial charge is 0.374 e. The molecule has 0 saturated carbocycles. The summed E-state index contributed by atoms with van der Waals surface area (Å²) in [5.41, 5.74) is 5.87. The van der Waals surface area contributed by atoms with Crippen LogP contribution in [0.2, 0.25) is 0 Å². The van der Waals surface area contributed by atoms with Crippen molar-refractivity contribution < 1.29 is 17.9 Å². The molecule has 6 heteroatoms. The van der Waals surface area contributed by atoms with Crippen LogP contribution < -0.4 is 5.73 Å². The van der Waals surface area contributed by atoms with Crippen molar-refractivity contribution in [2.24, 2.45) is 5.73 Å². The third-order valence-corrected chi connectivity index (χ3v) is 3.62. The van der Waals surface area contributed by atoms with E-state index in [4.69, 9.17) is 10.5 Å². The predicted octanol–water partition coefficient (Wildman–Crippen LogP) is 2.43. The lowest BCUT2D eigenvalue weighted by atomic mass is 9.99. The van der Waals surface area contributed by atoms with Crippen molar-refractivity contribution in [3.05, 3.63) is 35.4 Å². The van der Waals surface area contributed by atoms with Gasteiger partial charge in [-0.3, -0.25) is 4.90 Å². The molecule has 0 spiro atoms. The Labute approximate surface area is 116 Å². The number of hydrogen-bond donors (Lipinski definition) is 1. The number of alkyl halides is 3. The van der Waals surface area contributed by atoms with E-state index in [-0.39, 0.29) is 6.10 Å². The first-order valence-corrected chi connectivity index (χ1v) is 6.68. The number of hydrogen-bond acceptors (Lipinski definition) is 3.